The number of thioether (sulfide) groups is 1. The fourth-order valence-electron chi connectivity index (χ4n) is 0.841. The van der Waals surface area contributed by atoms with Crippen molar-refractivity contribution in [2.24, 2.45) is 0 Å². The van der Waals surface area contributed by atoms with Gasteiger partial charge in [-0.2, -0.15) is 0 Å². The minimum absolute atomic E-state index is 0.200. The molecular weight excluding hydrogens is 191 g/mol. The van der Waals surface area contributed by atoms with Gasteiger partial charge in [0.25, 0.3) is 0 Å². The van der Waals surface area contributed by atoms with Crippen LogP contribution in [-0.4, -0.2) is 10.5 Å². The van der Waals surface area contributed by atoms with Crippen molar-refractivity contribution < 1.29 is 4.39 Å². The van der Waals surface area contributed by atoms with Crippen molar-refractivity contribution in [3.05, 3.63) is 35.6 Å². The molecule has 0 aromatic heterocycles. The Kier molecular flexibility index (Phi) is 3.69. The van der Waals surface area contributed by atoms with Gasteiger partial charge in [0.2, 0.25) is 0 Å². The quantitative estimate of drug-likeness (QED) is 0.673. The van der Waals surface area contributed by atoms with Crippen LogP contribution in [0.1, 0.15) is 5.56 Å². The molecule has 1 aromatic rings. The highest BCUT2D eigenvalue weighted by Gasteiger charge is 1.97. The summed E-state index contributed by atoms with van der Waals surface area (Å²) in [5.74, 6) is -0.200. The zero-order chi connectivity index (χ0) is 8.97. The van der Waals surface area contributed by atoms with Crippen molar-refractivity contribution in [1.82, 2.24) is 0 Å². The first-order valence-electron chi connectivity index (χ1n) is 3.53. The second-order valence-electron chi connectivity index (χ2n) is 2.38. The van der Waals surface area contributed by atoms with E-state index < -0.39 is 0 Å². The van der Waals surface area contributed by atoms with Crippen molar-refractivity contribution in [2.75, 3.05) is 6.26 Å². The number of hydrogen-bond donors (Lipinski definition) is 0. The zero-order valence-corrected chi connectivity index (χ0v) is 8.34. The summed E-state index contributed by atoms with van der Waals surface area (Å²) in [4.78, 5) is 0. The maximum atomic E-state index is 12.5. The largest absolute Gasteiger partial charge is 0.207 e. The Morgan fingerprint density at radius 1 is 1.42 bits per heavy atom. The Bertz CT molecular complexity index is 266. The Morgan fingerprint density at radius 3 is 2.50 bits per heavy atom. The molecule has 3 heteroatoms. The highest BCUT2D eigenvalue weighted by atomic mass is 32.2. The lowest BCUT2D eigenvalue weighted by Crippen LogP contribution is -1.93. The van der Waals surface area contributed by atoms with Gasteiger partial charge in [-0.15, -0.1) is 11.8 Å². The molecule has 0 bridgehead atoms. The van der Waals surface area contributed by atoms with E-state index in [1.807, 2.05) is 6.26 Å². The van der Waals surface area contributed by atoms with Crippen molar-refractivity contribution >= 4 is 28.2 Å². The van der Waals surface area contributed by atoms with Gasteiger partial charge in [-0.3, -0.25) is 0 Å². The van der Waals surface area contributed by atoms with E-state index in [9.17, 15) is 4.39 Å². The van der Waals surface area contributed by atoms with E-state index in [0.29, 0.717) is 0 Å². The highest BCUT2D eigenvalue weighted by Crippen LogP contribution is 2.09. The molecule has 0 saturated carbocycles. The molecule has 1 aromatic carbocycles. The van der Waals surface area contributed by atoms with E-state index in [1.54, 1.807) is 23.9 Å². The molecule has 0 spiro atoms. The smallest absolute Gasteiger partial charge is 0.123 e. The molecular formula is C9H9FS2. The maximum absolute atomic E-state index is 12.5. The van der Waals surface area contributed by atoms with Crippen LogP contribution < -0.4 is 0 Å². The number of rotatable bonds is 2. The van der Waals surface area contributed by atoms with Gasteiger partial charge in [-0.25, -0.2) is 4.39 Å². The molecule has 0 aliphatic rings. The van der Waals surface area contributed by atoms with Crippen molar-refractivity contribution in [3.63, 3.8) is 0 Å². The Balaban J connectivity index is 2.64. The van der Waals surface area contributed by atoms with Crippen LogP contribution in [0.2, 0.25) is 0 Å². The van der Waals surface area contributed by atoms with E-state index in [0.717, 1.165) is 16.2 Å². The molecule has 0 saturated heterocycles. The summed E-state index contributed by atoms with van der Waals surface area (Å²) in [5.41, 5.74) is 1.07. The Labute approximate surface area is 81.2 Å². The summed E-state index contributed by atoms with van der Waals surface area (Å²) in [7, 11) is 0. The average Bonchev–Trinajstić information content (AvgIpc) is 2.09. The van der Waals surface area contributed by atoms with E-state index in [2.05, 4.69) is 0 Å². The first kappa shape index (κ1) is 9.68. The van der Waals surface area contributed by atoms with Crippen molar-refractivity contribution in [3.8, 4) is 0 Å². The summed E-state index contributed by atoms with van der Waals surface area (Å²) >= 11 is 6.60. The molecule has 12 heavy (non-hydrogen) atoms. The van der Waals surface area contributed by atoms with Crippen LogP contribution in [0.3, 0.4) is 0 Å². The first-order valence-corrected chi connectivity index (χ1v) is 5.17. The van der Waals surface area contributed by atoms with Crippen LogP contribution >= 0.6 is 24.0 Å². The van der Waals surface area contributed by atoms with Gasteiger partial charge in [-0.05, 0) is 24.0 Å². The van der Waals surface area contributed by atoms with Gasteiger partial charge in [0.15, 0.2) is 0 Å². The van der Waals surface area contributed by atoms with Gasteiger partial charge < -0.3 is 0 Å². The summed E-state index contributed by atoms with van der Waals surface area (Å²) in [5, 5.41) is 0. The highest BCUT2D eigenvalue weighted by molar-refractivity contribution is 8.22. The SMILES string of the molecule is CSC(=S)Cc1ccc(F)cc1. The monoisotopic (exact) mass is 200 g/mol. The predicted octanol–water partition coefficient (Wildman–Crippen LogP) is 3.06. The topological polar surface area (TPSA) is 0 Å². The van der Waals surface area contributed by atoms with E-state index in [1.165, 1.54) is 12.1 Å². The fraction of sp³-hybridized carbons (Fsp3) is 0.222. The van der Waals surface area contributed by atoms with Crippen LogP contribution in [0.25, 0.3) is 0 Å². The zero-order valence-electron chi connectivity index (χ0n) is 6.71. The second kappa shape index (κ2) is 4.58. The summed E-state index contributed by atoms with van der Waals surface area (Å²) in [6.45, 7) is 0. The van der Waals surface area contributed by atoms with Gasteiger partial charge in [-0.1, -0.05) is 24.4 Å². The van der Waals surface area contributed by atoms with Gasteiger partial charge in [0.1, 0.15) is 5.82 Å². The van der Waals surface area contributed by atoms with Gasteiger partial charge >= 0.3 is 0 Å². The number of hydrogen-bond acceptors (Lipinski definition) is 2. The first-order chi connectivity index (χ1) is 5.72. The molecule has 0 aliphatic heterocycles. The van der Waals surface area contributed by atoms with E-state index in [4.69, 9.17) is 12.2 Å². The third kappa shape index (κ3) is 2.91. The van der Waals surface area contributed by atoms with Gasteiger partial charge in [0.05, 0.1) is 4.20 Å². The van der Waals surface area contributed by atoms with Crippen LogP contribution in [0.4, 0.5) is 4.39 Å². The maximum Gasteiger partial charge on any atom is 0.123 e. The normalized spacial score (nSPS) is 9.83. The average molecular weight is 200 g/mol. The standard InChI is InChI=1S/C9H9FS2/c1-12-9(11)6-7-2-4-8(10)5-3-7/h2-5H,6H2,1H3. The summed E-state index contributed by atoms with van der Waals surface area (Å²) in [6, 6.07) is 6.44. The van der Waals surface area contributed by atoms with Crippen molar-refractivity contribution in [1.29, 1.82) is 0 Å². The number of halogens is 1. The van der Waals surface area contributed by atoms with Gasteiger partial charge in [0, 0.05) is 6.42 Å². The molecule has 0 N–H and O–H groups in total. The summed E-state index contributed by atoms with van der Waals surface area (Å²) in [6.07, 6.45) is 2.70. The third-order valence-electron chi connectivity index (χ3n) is 1.49. The Morgan fingerprint density at radius 2 is 2.00 bits per heavy atom. The molecule has 0 fully saturated rings. The molecule has 1 rings (SSSR count). The predicted molar refractivity (Wildman–Crippen MR) is 56.2 cm³/mol. The molecule has 64 valence electrons. The number of benzene rings is 1. The number of thiocarbonyl (C=S) groups is 1. The minimum atomic E-state index is -0.200. The summed E-state index contributed by atoms with van der Waals surface area (Å²) < 4.78 is 13.4. The van der Waals surface area contributed by atoms with Crippen LogP contribution in [0.5, 0.6) is 0 Å². The lowest BCUT2D eigenvalue weighted by atomic mass is 10.2. The second-order valence-corrected chi connectivity index (χ2v) is 4.03. The van der Waals surface area contributed by atoms with E-state index >= 15 is 0 Å². The molecule has 0 unspecified atom stereocenters. The lowest BCUT2D eigenvalue weighted by Gasteiger charge is -1.99. The Hall–Kier alpha value is -0.410. The lowest BCUT2D eigenvalue weighted by molar-refractivity contribution is 0.627. The molecule has 0 heterocycles. The molecule has 0 amide bonds. The fourth-order valence-corrected chi connectivity index (χ4v) is 1.32. The minimum Gasteiger partial charge on any atom is -0.207 e. The van der Waals surface area contributed by atoms with E-state index in [-0.39, 0.29) is 5.82 Å². The molecule has 0 radical (unpaired) electrons. The van der Waals surface area contributed by atoms with Crippen LogP contribution in [0, 0.1) is 5.82 Å². The van der Waals surface area contributed by atoms with Crippen LogP contribution in [0.15, 0.2) is 24.3 Å². The third-order valence-corrected chi connectivity index (χ3v) is 2.73. The van der Waals surface area contributed by atoms with Crippen LogP contribution in [-0.2, 0) is 6.42 Å². The molecule has 0 atom stereocenters. The molecule has 0 aliphatic carbocycles. The van der Waals surface area contributed by atoms with Crippen molar-refractivity contribution in [2.45, 2.75) is 6.42 Å². The molecule has 0 nitrogen and oxygen atoms in total.